The van der Waals surface area contributed by atoms with Crippen molar-refractivity contribution in [2.45, 2.75) is 52.1 Å². The average molecular weight is 210 g/mol. The Bertz CT molecular complexity index is 285. The summed E-state index contributed by atoms with van der Waals surface area (Å²) in [5, 5.41) is 4.76. The first-order chi connectivity index (χ1) is 6.79. The molecule has 1 atom stereocenters. The first kappa shape index (κ1) is 10.1. The minimum Gasteiger partial charge on any atom is -0.308 e. The van der Waals surface area contributed by atoms with Crippen LogP contribution in [-0.4, -0.2) is 11.0 Å². The van der Waals surface area contributed by atoms with Crippen LogP contribution >= 0.6 is 11.3 Å². The van der Waals surface area contributed by atoms with Crippen LogP contribution in [0.3, 0.4) is 0 Å². The van der Waals surface area contributed by atoms with Gasteiger partial charge in [0, 0.05) is 17.5 Å². The Morgan fingerprint density at radius 3 is 3.07 bits per heavy atom. The Kier molecular flexibility index (Phi) is 3.19. The molecule has 14 heavy (non-hydrogen) atoms. The maximum Gasteiger partial charge on any atom is 0.107 e. The lowest BCUT2D eigenvalue weighted by Crippen LogP contribution is -2.24. The van der Waals surface area contributed by atoms with Crippen LogP contribution < -0.4 is 5.32 Å². The van der Waals surface area contributed by atoms with Crippen molar-refractivity contribution in [3.63, 3.8) is 0 Å². The SMILES string of the molecule is CCC(C)NCc1nc2c(s1)CCC2. The fourth-order valence-electron chi connectivity index (χ4n) is 1.73. The molecule has 0 aliphatic heterocycles. The number of aromatic nitrogens is 1. The summed E-state index contributed by atoms with van der Waals surface area (Å²) in [6.45, 7) is 5.38. The van der Waals surface area contributed by atoms with Crippen LogP contribution in [0.25, 0.3) is 0 Å². The molecule has 3 heteroatoms. The van der Waals surface area contributed by atoms with Crippen molar-refractivity contribution in [3.8, 4) is 0 Å². The Balaban J connectivity index is 1.91. The van der Waals surface area contributed by atoms with Crippen molar-refractivity contribution < 1.29 is 0 Å². The standard InChI is InChI=1S/C11H18N2S/c1-3-8(2)12-7-11-13-9-5-4-6-10(9)14-11/h8,12H,3-7H2,1-2H3. The summed E-state index contributed by atoms with van der Waals surface area (Å²) in [7, 11) is 0. The molecule has 2 nitrogen and oxygen atoms in total. The van der Waals surface area contributed by atoms with Gasteiger partial charge in [0.25, 0.3) is 0 Å². The quantitative estimate of drug-likeness (QED) is 0.826. The third kappa shape index (κ3) is 2.15. The second kappa shape index (κ2) is 4.41. The number of thiazole rings is 1. The highest BCUT2D eigenvalue weighted by atomic mass is 32.1. The predicted molar refractivity (Wildman–Crippen MR) is 60.7 cm³/mol. The highest BCUT2D eigenvalue weighted by Crippen LogP contribution is 2.27. The molecule has 1 aromatic heterocycles. The molecule has 1 heterocycles. The Morgan fingerprint density at radius 2 is 2.36 bits per heavy atom. The predicted octanol–water partition coefficient (Wildman–Crippen LogP) is 2.52. The fraction of sp³-hybridized carbons (Fsp3) is 0.727. The number of nitrogens with one attached hydrogen (secondary N) is 1. The van der Waals surface area contributed by atoms with E-state index in [1.807, 2.05) is 11.3 Å². The normalized spacial score (nSPS) is 17.0. The fourth-order valence-corrected chi connectivity index (χ4v) is 2.83. The molecule has 0 bridgehead atoms. The number of fused-ring (bicyclic) bond motifs is 1. The van der Waals surface area contributed by atoms with E-state index in [1.165, 1.54) is 41.3 Å². The second-order valence-corrected chi connectivity index (χ2v) is 5.19. The topological polar surface area (TPSA) is 24.9 Å². The van der Waals surface area contributed by atoms with Crippen LogP contribution in [0.1, 0.15) is 42.3 Å². The van der Waals surface area contributed by atoms with Crippen LogP contribution in [0, 0.1) is 0 Å². The van der Waals surface area contributed by atoms with Crippen LogP contribution in [0.5, 0.6) is 0 Å². The average Bonchev–Trinajstić information content (AvgIpc) is 2.73. The van der Waals surface area contributed by atoms with Gasteiger partial charge in [0.1, 0.15) is 5.01 Å². The van der Waals surface area contributed by atoms with Gasteiger partial charge in [-0.1, -0.05) is 6.92 Å². The smallest absolute Gasteiger partial charge is 0.107 e. The van der Waals surface area contributed by atoms with Gasteiger partial charge < -0.3 is 5.32 Å². The van der Waals surface area contributed by atoms with Gasteiger partial charge in [0.2, 0.25) is 0 Å². The van der Waals surface area contributed by atoms with E-state index in [2.05, 4.69) is 24.1 Å². The summed E-state index contributed by atoms with van der Waals surface area (Å²) in [4.78, 5) is 6.19. The summed E-state index contributed by atoms with van der Waals surface area (Å²) < 4.78 is 0. The Hall–Kier alpha value is -0.410. The van der Waals surface area contributed by atoms with E-state index in [9.17, 15) is 0 Å². The monoisotopic (exact) mass is 210 g/mol. The van der Waals surface area contributed by atoms with Gasteiger partial charge in [-0.05, 0) is 32.6 Å². The van der Waals surface area contributed by atoms with Gasteiger partial charge in [-0.15, -0.1) is 11.3 Å². The van der Waals surface area contributed by atoms with Crippen molar-refractivity contribution in [2.75, 3.05) is 0 Å². The first-order valence-electron chi connectivity index (χ1n) is 5.50. The van der Waals surface area contributed by atoms with Gasteiger partial charge in [-0.2, -0.15) is 0 Å². The molecule has 1 aliphatic rings. The number of hydrogen-bond donors (Lipinski definition) is 1. The first-order valence-corrected chi connectivity index (χ1v) is 6.32. The van der Waals surface area contributed by atoms with Crippen molar-refractivity contribution in [1.29, 1.82) is 0 Å². The van der Waals surface area contributed by atoms with E-state index in [0.29, 0.717) is 6.04 Å². The molecule has 0 amide bonds. The lowest BCUT2D eigenvalue weighted by Gasteiger charge is -2.08. The zero-order valence-corrected chi connectivity index (χ0v) is 9.78. The molecule has 78 valence electrons. The van der Waals surface area contributed by atoms with E-state index >= 15 is 0 Å². The van der Waals surface area contributed by atoms with E-state index in [0.717, 1.165) is 6.54 Å². The van der Waals surface area contributed by atoms with Crippen molar-refractivity contribution >= 4 is 11.3 Å². The number of aryl methyl sites for hydroxylation is 2. The molecular formula is C11H18N2S. The van der Waals surface area contributed by atoms with Crippen molar-refractivity contribution in [1.82, 2.24) is 10.3 Å². The van der Waals surface area contributed by atoms with Gasteiger partial charge in [-0.3, -0.25) is 0 Å². The summed E-state index contributed by atoms with van der Waals surface area (Å²) >= 11 is 1.90. The molecule has 0 radical (unpaired) electrons. The molecule has 0 saturated carbocycles. The van der Waals surface area contributed by atoms with E-state index in [-0.39, 0.29) is 0 Å². The van der Waals surface area contributed by atoms with Crippen LogP contribution in [0.2, 0.25) is 0 Å². The largest absolute Gasteiger partial charge is 0.308 e. The molecule has 0 saturated heterocycles. The zero-order valence-electron chi connectivity index (χ0n) is 8.97. The Morgan fingerprint density at radius 1 is 1.50 bits per heavy atom. The molecular weight excluding hydrogens is 192 g/mol. The minimum absolute atomic E-state index is 0.605. The molecule has 1 aromatic rings. The number of hydrogen-bond acceptors (Lipinski definition) is 3. The summed E-state index contributed by atoms with van der Waals surface area (Å²) in [5.41, 5.74) is 1.37. The molecule has 0 spiro atoms. The summed E-state index contributed by atoms with van der Waals surface area (Å²) in [6.07, 6.45) is 4.96. The lowest BCUT2D eigenvalue weighted by atomic mass is 10.3. The minimum atomic E-state index is 0.605. The highest BCUT2D eigenvalue weighted by molar-refractivity contribution is 7.11. The van der Waals surface area contributed by atoms with Crippen molar-refractivity contribution in [3.05, 3.63) is 15.6 Å². The molecule has 0 aromatic carbocycles. The molecule has 2 rings (SSSR count). The molecule has 1 N–H and O–H groups in total. The highest BCUT2D eigenvalue weighted by Gasteiger charge is 2.16. The number of nitrogens with zero attached hydrogens (tertiary/aromatic N) is 1. The molecule has 0 fully saturated rings. The zero-order chi connectivity index (χ0) is 9.97. The Labute approximate surface area is 89.8 Å². The van der Waals surface area contributed by atoms with Crippen LogP contribution in [-0.2, 0) is 19.4 Å². The third-order valence-corrected chi connectivity index (χ3v) is 4.01. The summed E-state index contributed by atoms with van der Waals surface area (Å²) in [5.74, 6) is 0. The van der Waals surface area contributed by atoms with Crippen molar-refractivity contribution in [2.24, 2.45) is 0 Å². The third-order valence-electron chi connectivity index (χ3n) is 2.85. The maximum atomic E-state index is 4.65. The van der Waals surface area contributed by atoms with E-state index in [1.54, 1.807) is 0 Å². The summed E-state index contributed by atoms with van der Waals surface area (Å²) in [6, 6.07) is 0.605. The molecule has 1 aliphatic carbocycles. The maximum absolute atomic E-state index is 4.65. The van der Waals surface area contributed by atoms with Gasteiger partial charge in [0.15, 0.2) is 0 Å². The van der Waals surface area contributed by atoms with E-state index in [4.69, 9.17) is 0 Å². The number of rotatable bonds is 4. The molecule has 1 unspecified atom stereocenters. The lowest BCUT2D eigenvalue weighted by molar-refractivity contribution is 0.532. The van der Waals surface area contributed by atoms with E-state index < -0.39 is 0 Å². The van der Waals surface area contributed by atoms with Crippen LogP contribution in [0.15, 0.2) is 0 Å². The van der Waals surface area contributed by atoms with Gasteiger partial charge in [0.05, 0.1) is 5.69 Å². The second-order valence-electron chi connectivity index (χ2n) is 4.02. The van der Waals surface area contributed by atoms with Crippen LogP contribution in [0.4, 0.5) is 0 Å². The van der Waals surface area contributed by atoms with Gasteiger partial charge in [-0.25, -0.2) is 4.98 Å². The van der Waals surface area contributed by atoms with Gasteiger partial charge >= 0.3 is 0 Å².